The van der Waals surface area contributed by atoms with Crippen LogP contribution >= 0.6 is 0 Å². The molecule has 0 aliphatic rings. The molecule has 0 saturated heterocycles. The number of aliphatic hydroxyl groups is 3. The molecule has 19 heavy (non-hydrogen) atoms. The van der Waals surface area contributed by atoms with Gasteiger partial charge in [0.25, 0.3) is 0 Å². The number of ether oxygens (including phenoxy) is 1. The summed E-state index contributed by atoms with van der Waals surface area (Å²) < 4.78 is 3.93. The van der Waals surface area contributed by atoms with E-state index in [9.17, 15) is 19.2 Å². The second-order valence-electron chi connectivity index (χ2n) is 3.21. The molecule has 11 heteroatoms. The second-order valence-corrected chi connectivity index (χ2v) is 3.21. The standard InChI is InChI=1S/C8H10O11/c9-1(5(12)13)2(10)8(18)19-4(7(16)17)3(11)6(14)15/h1-4,9-11H,(H,12,13)(H,14,15)(H,16,17)/t1?,2?,3-,4-/m0/s1. The number of carboxylic acids is 3. The molecular weight excluding hydrogens is 272 g/mol. The number of hydrogen-bond acceptors (Lipinski definition) is 8. The Morgan fingerprint density at radius 3 is 1.42 bits per heavy atom. The first-order valence-electron chi connectivity index (χ1n) is 4.52. The molecule has 0 bridgehead atoms. The van der Waals surface area contributed by atoms with Gasteiger partial charge < -0.3 is 35.4 Å². The van der Waals surface area contributed by atoms with Crippen molar-refractivity contribution >= 4 is 23.9 Å². The highest BCUT2D eigenvalue weighted by Gasteiger charge is 2.39. The van der Waals surface area contributed by atoms with Crippen LogP contribution < -0.4 is 0 Å². The summed E-state index contributed by atoms with van der Waals surface area (Å²) in [6.45, 7) is 0. The summed E-state index contributed by atoms with van der Waals surface area (Å²) >= 11 is 0. The van der Waals surface area contributed by atoms with Crippen LogP contribution in [0.4, 0.5) is 0 Å². The van der Waals surface area contributed by atoms with Gasteiger partial charge in [-0.3, -0.25) is 0 Å². The number of aliphatic carboxylic acids is 3. The Bertz CT molecular complexity index is 388. The third-order valence-corrected chi connectivity index (χ3v) is 1.82. The normalized spacial score (nSPS) is 16.8. The summed E-state index contributed by atoms with van der Waals surface area (Å²) in [6.07, 6.45) is -10.4. The summed E-state index contributed by atoms with van der Waals surface area (Å²) in [4.78, 5) is 42.2. The maximum atomic E-state index is 11.1. The van der Waals surface area contributed by atoms with Gasteiger partial charge in [-0.2, -0.15) is 0 Å². The fourth-order valence-electron chi connectivity index (χ4n) is 0.838. The van der Waals surface area contributed by atoms with Gasteiger partial charge in [-0.15, -0.1) is 0 Å². The monoisotopic (exact) mass is 282 g/mol. The lowest BCUT2D eigenvalue weighted by molar-refractivity contribution is -0.188. The molecule has 0 aromatic rings. The molecule has 0 aliphatic carbocycles. The molecule has 108 valence electrons. The molecule has 0 fully saturated rings. The van der Waals surface area contributed by atoms with E-state index in [-0.39, 0.29) is 0 Å². The zero-order valence-corrected chi connectivity index (χ0v) is 9.03. The van der Waals surface area contributed by atoms with Crippen molar-refractivity contribution < 1.29 is 54.6 Å². The first-order valence-corrected chi connectivity index (χ1v) is 4.52. The largest absolute Gasteiger partial charge is 0.479 e. The van der Waals surface area contributed by atoms with Gasteiger partial charge in [0.2, 0.25) is 6.10 Å². The Kier molecular flexibility index (Phi) is 5.85. The quantitative estimate of drug-likeness (QED) is 0.250. The minimum absolute atomic E-state index is 1.91. The lowest BCUT2D eigenvalue weighted by Gasteiger charge is -2.19. The SMILES string of the molecule is O=C(O)C(O)C(O)C(=O)O[C@H](C(=O)O)[C@H](O)C(=O)O. The number of carbonyl (C=O) groups is 4. The van der Waals surface area contributed by atoms with Gasteiger partial charge >= 0.3 is 23.9 Å². The lowest BCUT2D eigenvalue weighted by Crippen LogP contribution is -2.47. The van der Waals surface area contributed by atoms with Crippen molar-refractivity contribution in [2.75, 3.05) is 0 Å². The maximum absolute atomic E-state index is 11.1. The number of esters is 1. The summed E-state index contributed by atoms with van der Waals surface area (Å²) in [6, 6.07) is 0. The van der Waals surface area contributed by atoms with Crippen molar-refractivity contribution in [1.29, 1.82) is 0 Å². The van der Waals surface area contributed by atoms with E-state index in [2.05, 4.69) is 4.74 Å². The van der Waals surface area contributed by atoms with Crippen LogP contribution in [0.5, 0.6) is 0 Å². The van der Waals surface area contributed by atoms with Crippen LogP contribution in [-0.4, -0.2) is 78.9 Å². The van der Waals surface area contributed by atoms with Crippen LogP contribution in [0.15, 0.2) is 0 Å². The van der Waals surface area contributed by atoms with Crippen LogP contribution in [0.3, 0.4) is 0 Å². The Labute approximate surface area is 104 Å². The van der Waals surface area contributed by atoms with Crippen molar-refractivity contribution in [3.8, 4) is 0 Å². The molecule has 0 aromatic heterocycles. The van der Waals surface area contributed by atoms with Crippen molar-refractivity contribution in [2.45, 2.75) is 24.4 Å². The number of hydrogen-bond donors (Lipinski definition) is 6. The van der Waals surface area contributed by atoms with E-state index in [1.54, 1.807) is 0 Å². The minimum Gasteiger partial charge on any atom is -0.479 e. The summed E-state index contributed by atoms with van der Waals surface area (Å²) in [5, 5.41) is 51.8. The molecule has 0 aromatic carbocycles. The average molecular weight is 282 g/mol. The first-order chi connectivity index (χ1) is 8.59. The molecule has 0 amide bonds. The molecule has 6 N–H and O–H groups in total. The number of carbonyl (C=O) groups excluding carboxylic acids is 1. The molecule has 0 rings (SSSR count). The highest BCUT2D eigenvalue weighted by molar-refractivity contribution is 5.88. The van der Waals surface area contributed by atoms with E-state index in [0.29, 0.717) is 0 Å². The van der Waals surface area contributed by atoms with Gasteiger partial charge in [-0.05, 0) is 0 Å². The van der Waals surface area contributed by atoms with Crippen LogP contribution in [0.1, 0.15) is 0 Å². The van der Waals surface area contributed by atoms with Crippen LogP contribution in [0, 0.1) is 0 Å². The highest BCUT2D eigenvalue weighted by Crippen LogP contribution is 2.06. The highest BCUT2D eigenvalue weighted by atomic mass is 16.6. The Hall–Kier alpha value is -2.24. The molecule has 0 aliphatic heterocycles. The van der Waals surface area contributed by atoms with Crippen LogP contribution in [-0.2, 0) is 23.9 Å². The molecule has 0 saturated carbocycles. The lowest BCUT2D eigenvalue weighted by atomic mass is 10.2. The van der Waals surface area contributed by atoms with E-state index in [4.69, 9.17) is 30.6 Å². The van der Waals surface area contributed by atoms with E-state index in [1.165, 1.54) is 0 Å². The predicted molar refractivity (Wildman–Crippen MR) is 50.8 cm³/mol. The third-order valence-electron chi connectivity index (χ3n) is 1.82. The smallest absolute Gasteiger partial charge is 0.348 e. The molecule has 11 nitrogen and oxygen atoms in total. The summed E-state index contributed by atoms with van der Waals surface area (Å²) in [7, 11) is 0. The number of rotatable bonds is 7. The summed E-state index contributed by atoms with van der Waals surface area (Å²) in [5.41, 5.74) is 0. The van der Waals surface area contributed by atoms with Gasteiger partial charge in [0, 0.05) is 0 Å². The molecule has 2 unspecified atom stereocenters. The fraction of sp³-hybridized carbons (Fsp3) is 0.500. The minimum atomic E-state index is -2.64. The van der Waals surface area contributed by atoms with Gasteiger partial charge in [0.15, 0.2) is 18.3 Å². The second kappa shape index (κ2) is 6.63. The zero-order valence-electron chi connectivity index (χ0n) is 9.03. The first kappa shape index (κ1) is 16.8. The van der Waals surface area contributed by atoms with Crippen molar-refractivity contribution in [2.24, 2.45) is 0 Å². The van der Waals surface area contributed by atoms with E-state index >= 15 is 0 Å². The predicted octanol–water partition coefficient (Wildman–Crippen LogP) is -3.77. The Morgan fingerprint density at radius 2 is 1.11 bits per heavy atom. The van der Waals surface area contributed by atoms with E-state index in [0.717, 1.165) is 0 Å². The average Bonchev–Trinajstić information content (AvgIpc) is 2.31. The van der Waals surface area contributed by atoms with Gasteiger partial charge in [0.1, 0.15) is 0 Å². The topological polar surface area (TPSA) is 199 Å². The van der Waals surface area contributed by atoms with Crippen molar-refractivity contribution in [3.63, 3.8) is 0 Å². The van der Waals surface area contributed by atoms with Crippen LogP contribution in [0.25, 0.3) is 0 Å². The number of aliphatic hydroxyl groups excluding tert-OH is 3. The van der Waals surface area contributed by atoms with E-state index < -0.39 is 48.3 Å². The number of carboxylic acid groups (broad SMARTS) is 3. The van der Waals surface area contributed by atoms with Gasteiger partial charge in [-0.25, -0.2) is 19.2 Å². The van der Waals surface area contributed by atoms with Gasteiger partial charge in [-0.1, -0.05) is 0 Å². The van der Waals surface area contributed by atoms with Crippen LogP contribution in [0.2, 0.25) is 0 Å². The Balaban J connectivity index is 4.87. The Morgan fingerprint density at radius 1 is 0.684 bits per heavy atom. The molecule has 4 atom stereocenters. The molecule has 0 radical (unpaired) electrons. The fourth-order valence-corrected chi connectivity index (χ4v) is 0.838. The maximum Gasteiger partial charge on any atom is 0.348 e. The van der Waals surface area contributed by atoms with E-state index in [1.807, 2.05) is 0 Å². The summed E-state index contributed by atoms with van der Waals surface area (Å²) in [5.74, 6) is -7.97. The molecule has 0 heterocycles. The zero-order chi connectivity index (χ0) is 15.3. The molecule has 0 spiro atoms. The van der Waals surface area contributed by atoms with Crippen molar-refractivity contribution in [1.82, 2.24) is 0 Å². The van der Waals surface area contributed by atoms with Gasteiger partial charge in [0.05, 0.1) is 0 Å². The third kappa shape index (κ3) is 4.50. The molecular formula is C8H10O11. The van der Waals surface area contributed by atoms with Crippen molar-refractivity contribution in [3.05, 3.63) is 0 Å².